The summed E-state index contributed by atoms with van der Waals surface area (Å²) in [5.74, 6) is 0.640. The fourth-order valence-corrected chi connectivity index (χ4v) is 1.32. The van der Waals surface area contributed by atoms with Crippen LogP contribution in [0.15, 0.2) is 24.3 Å². The number of ether oxygens (including phenoxy) is 1. The Kier molecular flexibility index (Phi) is 2.73. The molecular weight excluding hydrogens is 192 g/mol. The van der Waals surface area contributed by atoms with E-state index in [1.807, 2.05) is 24.3 Å². The van der Waals surface area contributed by atoms with Crippen molar-refractivity contribution in [2.24, 2.45) is 7.05 Å². The molecule has 0 unspecified atom stereocenters. The van der Waals surface area contributed by atoms with Gasteiger partial charge in [0.25, 0.3) is 0 Å². The third-order valence-electron chi connectivity index (χ3n) is 2.03. The molecule has 0 N–H and O–H groups in total. The van der Waals surface area contributed by atoms with Gasteiger partial charge >= 0.3 is 0 Å². The highest BCUT2D eigenvalue weighted by Crippen LogP contribution is 2.14. The summed E-state index contributed by atoms with van der Waals surface area (Å²) in [6, 6.07) is 7.92. The average molecular weight is 204 g/mol. The van der Waals surface area contributed by atoms with E-state index in [2.05, 4.69) is 15.4 Å². The summed E-state index contributed by atoms with van der Waals surface area (Å²) < 4.78 is 5.03. The van der Waals surface area contributed by atoms with Crippen molar-refractivity contribution in [3.05, 3.63) is 29.8 Å². The largest absolute Gasteiger partial charge is 0.380 e. The van der Waals surface area contributed by atoms with E-state index in [9.17, 15) is 0 Å². The zero-order valence-corrected chi connectivity index (χ0v) is 8.71. The first-order valence-electron chi connectivity index (χ1n) is 4.62. The Labute approximate surface area is 87.7 Å². The highest BCUT2D eigenvalue weighted by atomic mass is 16.5. The van der Waals surface area contributed by atoms with E-state index >= 15 is 0 Å². The Hall–Kier alpha value is -1.75. The van der Waals surface area contributed by atoms with Crippen LogP contribution in [0.5, 0.6) is 0 Å². The molecule has 0 amide bonds. The number of hydrogen-bond acceptors (Lipinski definition) is 4. The summed E-state index contributed by atoms with van der Waals surface area (Å²) >= 11 is 0. The van der Waals surface area contributed by atoms with Crippen LogP contribution in [-0.2, 0) is 18.4 Å². The van der Waals surface area contributed by atoms with Crippen LogP contribution in [0, 0.1) is 0 Å². The molecule has 1 aromatic heterocycles. The van der Waals surface area contributed by atoms with Gasteiger partial charge in [0.05, 0.1) is 13.7 Å². The molecule has 0 saturated carbocycles. The van der Waals surface area contributed by atoms with E-state index in [-0.39, 0.29) is 0 Å². The molecule has 5 nitrogen and oxygen atoms in total. The molecule has 0 aliphatic heterocycles. The Bertz CT molecular complexity index is 435. The molecule has 0 radical (unpaired) electrons. The maximum Gasteiger partial charge on any atom is 0.204 e. The number of rotatable bonds is 3. The molecule has 1 aromatic carbocycles. The fraction of sp³-hybridized carbons (Fsp3) is 0.300. The van der Waals surface area contributed by atoms with Gasteiger partial charge in [-0.2, -0.15) is 4.80 Å². The van der Waals surface area contributed by atoms with Crippen LogP contribution in [-0.4, -0.2) is 27.3 Å². The Morgan fingerprint density at radius 3 is 2.53 bits per heavy atom. The second-order valence-corrected chi connectivity index (χ2v) is 3.23. The number of benzene rings is 1. The summed E-state index contributed by atoms with van der Waals surface area (Å²) in [7, 11) is 3.42. The molecule has 0 saturated heterocycles. The van der Waals surface area contributed by atoms with Crippen molar-refractivity contribution in [1.29, 1.82) is 0 Å². The lowest BCUT2D eigenvalue weighted by atomic mass is 10.1. The number of aryl methyl sites for hydroxylation is 1. The van der Waals surface area contributed by atoms with E-state index in [0.29, 0.717) is 12.4 Å². The zero-order chi connectivity index (χ0) is 10.7. The second kappa shape index (κ2) is 4.18. The lowest BCUT2D eigenvalue weighted by Crippen LogP contribution is -1.92. The number of aromatic nitrogens is 4. The molecule has 0 aliphatic carbocycles. The maximum absolute atomic E-state index is 5.03. The summed E-state index contributed by atoms with van der Waals surface area (Å²) in [5.41, 5.74) is 2.09. The van der Waals surface area contributed by atoms with Crippen molar-refractivity contribution < 1.29 is 4.74 Å². The van der Waals surface area contributed by atoms with Crippen LogP contribution in [0.1, 0.15) is 5.56 Å². The van der Waals surface area contributed by atoms with E-state index in [4.69, 9.17) is 4.74 Å². The molecule has 5 heteroatoms. The first kappa shape index (κ1) is 9.79. The molecule has 0 spiro atoms. The number of hydrogen-bond donors (Lipinski definition) is 0. The van der Waals surface area contributed by atoms with Crippen molar-refractivity contribution in [2.45, 2.75) is 6.61 Å². The van der Waals surface area contributed by atoms with E-state index in [1.165, 1.54) is 4.80 Å². The van der Waals surface area contributed by atoms with Crippen LogP contribution < -0.4 is 0 Å². The standard InChI is InChI=1S/C10H12N4O/c1-14-12-10(11-13-14)9-5-3-8(4-6-9)7-15-2/h3-6H,7H2,1-2H3. The number of methoxy groups -OCH3 is 1. The first-order valence-corrected chi connectivity index (χ1v) is 4.62. The van der Waals surface area contributed by atoms with Gasteiger partial charge in [-0.1, -0.05) is 24.3 Å². The van der Waals surface area contributed by atoms with Gasteiger partial charge in [0.2, 0.25) is 5.82 Å². The SMILES string of the molecule is COCc1ccc(-c2nnn(C)n2)cc1. The number of nitrogens with zero attached hydrogens (tertiary/aromatic N) is 4. The molecular formula is C10H12N4O. The molecule has 0 atom stereocenters. The van der Waals surface area contributed by atoms with Crippen molar-refractivity contribution in [3.8, 4) is 11.4 Å². The van der Waals surface area contributed by atoms with Crippen molar-refractivity contribution in [3.63, 3.8) is 0 Å². The highest BCUT2D eigenvalue weighted by molar-refractivity contribution is 5.54. The van der Waals surface area contributed by atoms with Gasteiger partial charge < -0.3 is 4.74 Å². The lowest BCUT2D eigenvalue weighted by Gasteiger charge is -1.99. The monoisotopic (exact) mass is 204 g/mol. The van der Waals surface area contributed by atoms with Gasteiger partial charge in [0.15, 0.2) is 0 Å². The van der Waals surface area contributed by atoms with Gasteiger partial charge in [0.1, 0.15) is 0 Å². The minimum atomic E-state index is 0.619. The van der Waals surface area contributed by atoms with Crippen LogP contribution in [0.2, 0.25) is 0 Å². The van der Waals surface area contributed by atoms with Crippen molar-refractivity contribution >= 4 is 0 Å². The van der Waals surface area contributed by atoms with Crippen LogP contribution in [0.3, 0.4) is 0 Å². The van der Waals surface area contributed by atoms with Gasteiger partial charge in [-0.25, -0.2) is 0 Å². The topological polar surface area (TPSA) is 52.8 Å². The molecule has 78 valence electrons. The molecule has 2 rings (SSSR count). The van der Waals surface area contributed by atoms with E-state index < -0.39 is 0 Å². The summed E-state index contributed by atoms with van der Waals surface area (Å²) in [4.78, 5) is 1.44. The molecule has 0 aliphatic rings. The Morgan fingerprint density at radius 2 is 2.00 bits per heavy atom. The fourth-order valence-electron chi connectivity index (χ4n) is 1.32. The normalized spacial score (nSPS) is 10.5. The number of tetrazole rings is 1. The summed E-state index contributed by atoms with van der Waals surface area (Å²) in [5, 5.41) is 11.8. The molecule has 15 heavy (non-hydrogen) atoms. The van der Waals surface area contributed by atoms with E-state index in [0.717, 1.165) is 11.1 Å². The quantitative estimate of drug-likeness (QED) is 0.749. The molecule has 0 bridgehead atoms. The summed E-state index contributed by atoms with van der Waals surface area (Å²) in [6.07, 6.45) is 0. The maximum atomic E-state index is 5.03. The second-order valence-electron chi connectivity index (χ2n) is 3.23. The van der Waals surface area contributed by atoms with Crippen LogP contribution >= 0.6 is 0 Å². The van der Waals surface area contributed by atoms with Gasteiger partial charge in [-0.05, 0) is 10.8 Å². The molecule has 1 heterocycles. The van der Waals surface area contributed by atoms with Gasteiger partial charge in [-0.3, -0.25) is 0 Å². The van der Waals surface area contributed by atoms with Gasteiger partial charge in [-0.15, -0.1) is 10.2 Å². The predicted octanol–water partition coefficient (Wildman–Crippen LogP) is 1.02. The summed E-state index contributed by atoms with van der Waals surface area (Å²) in [6.45, 7) is 0.619. The third-order valence-corrected chi connectivity index (χ3v) is 2.03. The van der Waals surface area contributed by atoms with Crippen LogP contribution in [0.4, 0.5) is 0 Å². The Balaban J connectivity index is 2.23. The van der Waals surface area contributed by atoms with Crippen molar-refractivity contribution in [2.75, 3.05) is 7.11 Å². The van der Waals surface area contributed by atoms with Crippen LogP contribution in [0.25, 0.3) is 11.4 Å². The third kappa shape index (κ3) is 2.19. The highest BCUT2D eigenvalue weighted by Gasteiger charge is 2.03. The zero-order valence-electron chi connectivity index (χ0n) is 8.71. The minimum Gasteiger partial charge on any atom is -0.380 e. The van der Waals surface area contributed by atoms with E-state index in [1.54, 1.807) is 14.2 Å². The predicted molar refractivity (Wildman–Crippen MR) is 54.9 cm³/mol. The lowest BCUT2D eigenvalue weighted by molar-refractivity contribution is 0.185. The van der Waals surface area contributed by atoms with Gasteiger partial charge in [0, 0.05) is 12.7 Å². The first-order chi connectivity index (χ1) is 7.29. The molecule has 0 fully saturated rings. The smallest absolute Gasteiger partial charge is 0.204 e. The molecule has 2 aromatic rings. The average Bonchev–Trinajstić information content (AvgIpc) is 2.67. The Morgan fingerprint density at radius 1 is 1.27 bits per heavy atom. The van der Waals surface area contributed by atoms with Crippen molar-refractivity contribution in [1.82, 2.24) is 20.2 Å². The minimum absolute atomic E-state index is 0.619.